The highest BCUT2D eigenvalue weighted by Crippen LogP contribution is 1.71. The van der Waals surface area contributed by atoms with Gasteiger partial charge in [0.15, 0.2) is 0 Å². The molecule has 2 N–H and O–H groups in total. The Kier molecular flexibility index (Phi) is 3.56. The predicted molar refractivity (Wildman–Crippen MR) is 29.6 cm³/mol. The van der Waals surface area contributed by atoms with Crippen LogP contribution in [-0.4, -0.2) is 26.0 Å². The molecule has 46 valence electrons. The van der Waals surface area contributed by atoms with Crippen LogP contribution in [0.4, 0.5) is 0 Å². The zero-order valence-corrected chi connectivity index (χ0v) is 4.63. The minimum atomic E-state index is -0.383. The first-order valence-corrected chi connectivity index (χ1v) is 2.08. The van der Waals surface area contributed by atoms with E-state index in [0.717, 1.165) is 6.34 Å². The van der Waals surface area contributed by atoms with Crippen molar-refractivity contribution >= 4 is 12.3 Å². The summed E-state index contributed by atoms with van der Waals surface area (Å²) in [4.78, 5) is 13.6. The van der Waals surface area contributed by atoms with Crippen LogP contribution < -0.4 is 5.73 Å². The highest BCUT2D eigenvalue weighted by molar-refractivity contribution is 5.73. The Labute approximate surface area is 47.3 Å². The van der Waals surface area contributed by atoms with Gasteiger partial charge in [-0.1, -0.05) is 0 Å². The molecule has 0 unspecified atom stereocenters. The number of methoxy groups -OCH3 is 1. The normalized spacial score (nSPS) is 9.62. The molecular formula is C4H8N2O2. The number of hydrogen-bond acceptors (Lipinski definition) is 3. The zero-order valence-electron chi connectivity index (χ0n) is 4.63. The molecule has 0 aromatic heterocycles. The lowest BCUT2D eigenvalue weighted by Crippen LogP contribution is -2.05. The molecule has 0 aliphatic heterocycles. The second kappa shape index (κ2) is 4.11. The van der Waals surface area contributed by atoms with E-state index in [1.807, 2.05) is 0 Å². The highest BCUT2D eigenvalue weighted by atomic mass is 16.5. The van der Waals surface area contributed by atoms with Crippen LogP contribution in [0.3, 0.4) is 0 Å². The monoisotopic (exact) mass is 116 g/mol. The number of esters is 1. The van der Waals surface area contributed by atoms with Crippen LogP contribution in [0.25, 0.3) is 0 Å². The van der Waals surface area contributed by atoms with Crippen LogP contribution in [0.1, 0.15) is 0 Å². The predicted octanol–water partition coefficient (Wildman–Crippen LogP) is -0.854. The van der Waals surface area contributed by atoms with E-state index in [4.69, 9.17) is 5.73 Å². The standard InChI is InChI=1S/C4H8N2O2/c1-8-4(7)2-6-3-5/h3H,2H2,1H3,(H2,5,6). The number of nitrogens with zero attached hydrogens (tertiary/aromatic N) is 1. The van der Waals surface area contributed by atoms with Crippen LogP contribution in [0, 0.1) is 0 Å². The van der Waals surface area contributed by atoms with E-state index >= 15 is 0 Å². The fourth-order valence-corrected chi connectivity index (χ4v) is 0.192. The van der Waals surface area contributed by atoms with Crippen molar-refractivity contribution in [3.05, 3.63) is 0 Å². The highest BCUT2D eigenvalue weighted by Gasteiger charge is 1.92. The average molecular weight is 116 g/mol. The van der Waals surface area contributed by atoms with E-state index in [1.165, 1.54) is 7.11 Å². The molecule has 8 heavy (non-hydrogen) atoms. The smallest absolute Gasteiger partial charge is 0.327 e. The Bertz CT molecular complexity index is 100. The number of hydrogen-bond donors (Lipinski definition) is 1. The summed E-state index contributed by atoms with van der Waals surface area (Å²) in [6.45, 7) is 0.00694. The lowest BCUT2D eigenvalue weighted by molar-refractivity contribution is -0.138. The minimum Gasteiger partial charge on any atom is -0.468 e. The lowest BCUT2D eigenvalue weighted by atomic mass is 10.7. The summed E-state index contributed by atoms with van der Waals surface area (Å²) in [5, 5.41) is 0. The van der Waals surface area contributed by atoms with Crippen LogP contribution >= 0.6 is 0 Å². The molecule has 0 saturated heterocycles. The first kappa shape index (κ1) is 6.94. The fraction of sp³-hybridized carbons (Fsp3) is 0.500. The Morgan fingerprint density at radius 2 is 2.62 bits per heavy atom. The first-order valence-electron chi connectivity index (χ1n) is 2.08. The van der Waals surface area contributed by atoms with Crippen LogP contribution in [0.2, 0.25) is 0 Å². The Morgan fingerprint density at radius 1 is 2.00 bits per heavy atom. The van der Waals surface area contributed by atoms with Gasteiger partial charge in [-0.25, -0.2) is 0 Å². The van der Waals surface area contributed by atoms with Crippen LogP contribution in [-0.2, 0) is 9.53 Å². The van der Waals surface area contributed by atoms with E-state index < -0.39 is 0 Å². The van der Waals surface area contributed by atoms with Crippen molar-refractivity contribution in [2.75, 3.05) is 13.7 Å². The number of aliphatic imine (C=N–C) groups is 1. The first-order chi connectivity index (χ1) is 3.81. The maximum atomic E-state index is 10.2. The van der Waals surface area contributed by atoms with Gasteiger partial charge in [0.25, 0.3) is 0 Å². The van der Waals surface area contributed by atoms with E-state index in [1.54, 1.807) is 0 Å². The van der Waals surface area contributed by atoms with E-state index in [9.17, 15) is 4.79 Å². The number of nitrogens with two attached hydrogens (primary N) is 1. The topological polar surface area (TPSA) is 64.7 Å². The largest absolute Gasteiger partial charge is 0.468 e. The van der Waals surface area contributed by atoms with Crippen molar-refractivity contribution in [1.29, 1.82) is 0 Å². The van der Waals surface area contributed by atoms with Gasteiger partial charge in [-0.05, 0) is 0 Å². The maximum Gasteiger partial charge on any atom is 0.327 e. The number of carbonyl (C=O) groups excluding carboxylic acids is 1. The van der Waals surface area contributed by atoms with E-state index in [2.05, 4.69) is 9.73 Å². The molecule has 0 aromatic carbocycles. The summed E-state index contributed by atoms with van der Waals surface area (Å²) in [6, 6.07) is 0. The molecule has 0 saturated carbocycles. The quantitative estimate of drug-likeness (QED) is 0.290. The fourth-order valence-electron chi connectivity index (χ4n) is 0.192. The SMILES string of the molecule is COC(=O)CN=CN. The van der Waals surface area contributed by atoms with Gasteiger partial charge in [0, 0.05) is 0 Å². The molecule has 4 nitrogen and oxygen atoms in total. The third-order valence-electron chi connectivity index (χ3n) is 0.553. The molecule has 0 heterocycles. The van der Waals surface area contributed by atoms with Crippen molar-refractivity contribution in [3.8, 4) is 0 Å². The van der Waals surface area contributed by atoms with Gasteiger partial charge < -0.3 is 10.5 Å². The van der Waals surface area contributed by atoms with Gasteiger partial charge in [-0.15, -0.1) is 0 Å². The molecule has 0 spiro atoms. The summed E-state index contributed by atoms with van der Waals surface area (Å²) in [5.41, 5.74) is 4.83. The minimum absolute atomic E-state index is 0.00694. The lowest BCUT2D eigenvalue weighted by Gasteiger charge is -1.89. The third-order valence-corrected chi connectivity index (χ3v) is 0.553. The molecule has 0 aromatic rings. The van der Waals surface area contributed by atoms with Gasteiger partial charge in [0.2, 0.25) is 0 Å². The summed E-state index contributed by atoms with van der Waals surface area (Å²) < 4.78 is 4.24. The second-order valence-electron chi connectivity index (χ2n) is 1.07. The molecule has 0 radical (unpaired) electrons. The van der Waals surface area contributed by atoms with Gasteiger partial charge in [0.05, 0.1) is 13.4 Å². The van der Waals surface area contributed by atoms with Crippen LogP contribution in [0.5, 0.6) is 0 Å². The summed E-state index contributed by atoms with van der Waals surface area (Å²) in [5.74, 6) is -0.383. The number of rotatable bonds is 2. The molecule has 0 rings (SSSR count). The molecule has 0 atom stereocenters. The van der Waals surface area contributed by atoms with Crippen molar-refractivity contribution in [2.24, 2.45) is 10.7 Å². The third kappa shape index (κ3) is 3.14. The summed E-state index contributed by atoms with van der Waals surface area (Å²) in [6.07, 6.45) is 1.07. The maximum absolute atomic E-state index is 10.2. The summed E-state index contributed by atoms with van der Waals surface area (Å²) in [7, 11) is 1.30. The molecule has 0 aliphatic rings. The Hall–Kier alpha value is -1.06. The molecule has 4 heteroatoms. The molecule has 0 fully saturated rings. The van der Waals surface area contributed by atoms with E-state index in [-0.39, 0.29) is 12.5 Å². The zero-order chi connectivity index (χ0) is 6.41. The van der Waals surface area contributed by atoms with Gasteiger partial charge in [-0.3, -0.25) is 9.79 Å². The molecule has 0 aliphatic carbocycles. The Balaban J connectivity index is 3.25. The number of ether oxygens (including phenoxy) is 1. The number of carbonyl (C=O) groups is 1. The van der Waals surface area contributed by atoms with Crippen LogP contribution in [0.15, 0.2) is 4.99 Å². The van der Waals surface area contributed by atoms with Crippen molar-refractivity contribution in [3.63, 3.8) is 0 Å². The average Bonchev–Trinajstić information content (AvgIpc) is 1.83. The molecular weight excluding hydrogens is 108 g/mol. The van der Waals surface area contributed by atoms with Gasteiger partial charge in [-0.2, -0.15) is 0 Å². The second-order valence-corrected chi connectivity index (χ2v) is 1.07. The molecule has 0 bridgehead atoms. The van der Waals surface area contributed by atoms with Gasteiger partial charge >= 0.3 is 5.97 Å². The van der Waals surface area contributed by atoms with Crippen molar-refractivity contribution in [2.45, 2.75) is 0 Å². The van der Waals surface area contributed by atoms with Crippen molar-refractivity contribution in [1.82, 2.24) is 0 Å². The van der Waals surface area contributed by atoms with E-state index in [0.29, 0.717) is 0 Å². The van der Waals surface area contributed by atoms with Crippen molar-refractivity contribution < 1.29 is 9.53 Å². The summed E-state index contributed by atoms with van der Waals surface area (Å²) >= 11 is 0. The Morgan fingerprint density at radius 3 is 3.00 bits per heavy atom. The molecule has 0 amide bonds. The van der Waals surface area contributed by atoms with Gasteiger partial charge in [0.1, 0.15) is 6.54 Å².